The van der Waals surface area contributed by atoms with Crippen LogP contribution in [0.4, 0.5) is 0 Å². The van der Waals surface area contributed by atoms with Gasteiger partial charge < -0.3 is 5.11 Å². The molecule has 1 fully saturated rings. The van der Waals surface area contributed by atoms with Gasteiger partial charge in [-0.05, 0) is 62.2 Å². The Balaban J connectivity index is 1.77. The molecular formula is C26H36N2O4S2. The number of carboxylic acids is 1. The molecule has 1 heterocycles. The standard InChI is InChI=1S/C26H36N2O4S2/c1-5-7-16-27(6-2)19-20-8-10-21(11-9-20)22-12-14-23(15-13-22)34(31,32)28-17-18-33-26(3,4)24(28)25(29)30/h8-15,24H,5-7,16-19H2,1-4H3,(H,29,30). The highest BCUT2D eigenvalue weighted by molar-refractivity contribution is 8.00. The van der Waals surface area contributed by atoms with Gasteiger partial charge in [-0.2, -0.15) is 16.1 Å². The van der Waals surface area contributed by atoms with E-state index in [0.717, 1.165) is 35.1 Å². The van der Waals surface area contributed by atoms with Gasteiger partial charge in [0.05, 0.1) is 4.90 Å². The number of benzene rings is 2. The van der Waals surface area contributed by atoms with Crippen molar-refractivity contribution in [2.45, 2.75) is 62.8 Å². The molecule has 1 N–H and O–H groups in total. The SMILES string of the molecule is CCCCN(CC)Cc1ccc(-c2ccc(S(=O)(=O)N3CCSC(C)(C)C3C(=O)O)cc2)cc1. The summed E-state index contributed by atoms with van der Waals surface area (Å²) in [6.45, 7) is 11.2. The lowest BCUT2D eigenvalue weighted by Gasteiger charge is -2.42. The van der Waals surface area contributed by atoms with Crippen LogP contribution in [0, 0.1) is 0 Å². The number of hydrogen-bond donors (Lipinski definition) is 1. The maximum absolute atomic E-state index is 13.3. The Hall–Kier alpha value is -1.87. The molecule has 1 atom stereocenters. The third-order valence-electron chi connectivity index (χ3n) is 6.40. The van der Waals surface area contributed by atoms with Gasteiger partial charge in [-0.15, -0.1) is 0 Å². The molecule has 34 heavy (non-hydrogen) atoms. The highest BCUT2D eigenvalue weighted by atomic mass is 32.2. The number of rotatable bonds is 10. The second-order valence-corrected chi connectivity index (χ2v) is 12.9. The topological polar surface area (TPSA) is 77.9 Å². The Labute approximate surface area is 208 Å². The van der Waals surface area contributed by atoms with Gasteiger partial charge in [-0.1, -0.05) is 56.7 Å². The molecule has 6 nitrogen and oxygen atoms in total. The van der Waals surface area contributed by atoms with E-state index in [2.05, 4.69) is 43.0 Å². The first-order valence-electron chi connectivity index (χ1n) is 11.9. The quantitative estimate of drug-likeness (QED) is 0.494. The van der Waals surface area contributed by atoms with Crippen molar-refractivity contribution in [3.05, 3.63) is 54.1 Å². The number of thioether (sulfide) groups is 1. The van der Waals surface area contributed by atoms with Crippen molar-refractivity contribution in [2.75, 3.05) is 25.4 Å². The molecule has 2 aromatic carbocycles. The third-order valence-corrected chi connectivity index (χ3v) is 9.63. The second kappa shape index (κ2) is 11.2. The van der Waals surface area contributed by atoms with Crippen LogP contribution in [-0.4, -0.2) is 64.9 Å². The van der Waals surface area contributed by atoms with Crippen molar-refractivity contribution in [1.82, 2.24) is 9.21 Å². The summed E-state index contributed by atoms with van der Waals surface area (Å²) in [5.74, 6) is -0.553. The highest BCUT2D eigenvalue weighted by Gasteiger charge is 2.48. The molecule has 1 saturated heterocycles. The zero-order valence-electron chi connectivity index (χ0n) is 20.5. The fourth-order valence-corrected chi connectivity index (χ4v) is 7.48. The molecular weight excluding hydrogens is 468 g/mol. The van der Waals surface area contributed by atoms with Crippen molar-refractivity contribution in [1.29, 1.82) is 0 Å². The number of unbranched alkanes of at least 4 members (excludes halogenated alkanes) is 1. The summed E-state index contributed by atoms with van der Waals surface area (Å²) in [4.78, 5) is 14.5. The third kappa shape index (κ3) is 6.03. The average Bonchev–Trinajstić information content (AvgIpc) is 2.81. The first kappa shape index (κ1) is 26.7. The Bertz CT molecular complexity index is 1070. The molecule has 0 saturated carbocycles. The van der Waals surface area contributed by atoms with Gasteiger partial charge in [0.1, 0.15) is 6.04 Å². The number of sulfonamides is 1. The number of carboxylic acid groups (broad SMARTS) is 1. The van der Waals surface area contributed by atoms with E-state index < -0.39 is 26.8 Å². The molecule has 0 bridgehead atoms. The second-order valence-electron chi connectivity index (χ2n) is 9.25. The summed E-state index contributed by atoms with van der Waals surface area (Å²) in [5.41, 5.74) is 3.20. The number of nitrogens with zero attached hydrogens (tertiary/aromatic N) is 2. The fourth-order valence-electron chi connectivity index (χ4n) is 4.38. The molecule has 1 aliphatic rings. The summed E-state index contributed by atoms with van der Waals surface area (Å²) < 4.78 is 27.1. The van der Waals surface area contributed by atoms with Crippen molar-refractivity contribution < 1.29 is 18.3 Å². The van der Waals surface area contributed by atoms with Crippen LogP contribution in [0.25, 0.3) is 11.1 Å². The monoisotopic (exact) mass is 504 g/mol. The summed E-state index contributed by atoms with van der Waals surface area (Å²) in [6, 6.07) is 14.0. The van der Waals surface area contributed by atoms with Crippen molar-refractivity contribution in [3.8, 4) is 11.1 Å². The Morgan fingerprint density at radius 2 is 1.68 bits per heavy atom. The highest BCUT2D eigenvalue weighted by Crippen LogP contribution is 2.38. The molecule has 186 valence electrons. The molecule has 2 aromatic rings. The van der Waals surface area contributed by atoms with E-state index in [0.29, 0.717) is 5.75 Å². The van der Waals surface area contributed by atoms with Gasteiger partial charge in [0, 0.05) is 23.6 Å². The van der Waals surface area contributed by atoms with E-state index in [4.69, 9.17) is 0 Å². The van der Waals surface area contributed by atoms with Crippen molar-refractivity contribution in [2.24, 2.45) is 0 Å². The Morgan fingerprint density at radius 1 is 1.09 bits per heavy atom. The largest absolute Gasteiger partial charge is 0.480 e. The van der Waals surface area contributed by atoms with Crippen LogP contribution in [0.2, 0.25) is 0 Å². The molecule has 8 heteroatoms. The normalized spacial score (nSPS) is 18.8. The molecule has 3 rings (SSSR count). The summed E-state index contributed by atoms with van der Waals surface area (Å²) >= 11 is 1.49. The van der Waals surface area contributed by atoms with Gasteiger partial charge in [-0.3, -0.25) is 9.69 Å². The first-order chi connectivity index (χ1) is 16.1. The van der Waals surface area contributed by atoms with Crippen LogP contribution in [0.3, 0.4) is 0 Å². The van der Waals surface area contributed by atoms with Crippen LogP contribution in [0.5, 0.6) is 0 Å². The van der Waals surface area contributed by atoms with E-state index >= 15 is 0 Å². The summed E-state index contributed by atoms with van der Waals surface area (Å²) in [7, 11) is -3.92. The first-order valence-corrected chi connectivity index (χ1v) is 14.3. The summed E-state index contributed by atoms with van der Waals surface area (Å²) in [6.07, 6.45) is 2.38. The van der Waals surface area contributed by atoms with Crippen LogP contribution < -0.4 is 0 Å². The van der Waals surface area contributed by atoms with Gasteiger partial charge in [0.25, 0.3) is 0 Å². The van der Waals surface area contributed by atoms with E-state index in [1.54, 1.807) is 38.1 Å². The van der Waals surface area contributed by atoms with Crippen LogP contribution in [0.15, 0.2) is 53.4 Å². The Morgan fingerprint density at radius 3 is 2.21 bits per heavy atom. The fraction of sp³-hybridized carbons (Fsp3) is 0.500. The minimum atomic E-state index is -3.92. The molecule has 0 aromatic heterocycles. The minimum Gasteiger partial charge on any atom is -0.480 e. The van der Waals surface area contributed by atoms with Crippen molar-refractivity contribution in [3.63, 3.8) is 0 Å². The number of carbonyl (C=O) groups is 1. The van der Waals surface area contributed by atoms with E-state index in [1.165, 1.54) is 30.2 Å². The molecule has 0 spiro atoms. The van der Waals surface area contributed by atoms with E-state index in [9.17, 15) is 18.3 Å². The van der Waals surface area contributed by atoms with Crippen LogP contribution in [0.1, 0.15) is 46.1 Å². The molecule has 0 amide bonds. The molecule has 0 radical (unpaired) electrons. The number of hydrogen-bond acceptors (Lipinski definition) is 5. The van der Waals surface area contributed by atoms with Gasteiger partial charge in [0.15, 0.2) is 0 Å². The average molecular weight is 505 g/mol. The zero-order chi connectivity index (χ0) is 24.9. The van der Waals surface area contributed by atoms with Crippen LogP contribution >= 0.6 is 11.8 Å². The maximum Gasteiger partial charge on any atom is 0.323 e. The predicted molar refractivity (Wildman–Crippen MR) is 140 cm³/mol. The van der Waals surface area contributed by atoms with E-state index in [1.807, 2.05) is 0 Å². The maximum atomic E-state index is 13.3. The smallest absolute Gasteiger partial charge is 0.323 e. The summed E-state index contributed by atoms with van der Waals surface area (Å²) in [5, 5.41) is 9.76. The zero-order valence-corrected chi connectivity index (χ0v) is 22.2. The van der Waals surface area contributed by atoms with Gasteiger partial charge >= 0.3 is 5.97 Å². The van der Waals surface area contributed by atoms with Crippen LogP contribution in [-0.2, 0) is 21.4 Å². The predicted octanol–water partition coefficient (Wildman–Crippen LogP) is 4.94. The lowest BCUT2D eigenvalue weighted by Crippen LogP contribution is -2.58. The van der Waals surface area contributed by atoms with Gasteiger partial charge in [0.2, 0.25) is 10.0 Å². The lowest BCUT2D eigenvalue weighted by molar-refractivity contribution is -0.142. The van der Waals surface area contributed by atoms with E-state index in [-0.39, 0.29) is 11.4 Å². The molecule has 1 aliphatic heterocycles. The molecule has 1 unspecified atom stereocenters. The lowest BCUT2D eigenvalue weighted by atomic mass is 10.0. The number of aliphatic carboxylic acids is 1. The Kier molecular flexibility index (Phi) is 8.84. The molecule has 0 aliphatic carbocycles. The minimum absolute atomic E-state index is 0.122. The van der Waals surface area contributed by atoms with Gasteiger partial charge in [-0.25, -0.2) is 8.42 Å². The van der Waals surface area contributed by atoms with Crippen molar-refractivity contribution >= 4 is 27.8 Å².